The van der Waals surface area contributed by atoms with Crippen LogP contribution in [0.3, 0.4) is 0 Å². The maximum atomic E-state index is 12.0. The van der Waals surface area contributed by atoms with E-state index in [4.69, 9.17) is 9.47 Å². The minimum atomic E-state index is -0.333. The van der Waals surface area contributed by atoms with Gasteiger partial charge in [-0.2, -0.15) is 0 Å². The number of carbonyl (C=O) groups excluding carboxylic acids is 1. The van der Waals surface area contributed by atoms with Gasteiger partial charge in [-0.1, -0.05) is 43.3 Å². The molecule has 0 radical (unpaired) electrons. The number of hydrogen-bond donors (Lipinski definition) is 2. The van der Waals surface area contributed by atoms with Gasteiger partial charge in [-0.3, -0.25) is 0 Å². The highest BCUT2D eigenvalue weighted by atomic mass is 16.5. The van der Waals surface area contributed by atoms with E-state index in [-0.39, 0.29) is 12.8 Å². The molecule has 0 saturated heterocycles. The number of ether oxygens (including phenoxy) is 2. The van der Waals surface area contributed by atoms with Crippen LogP contribution in [-0.4, -0.2) is 12.8 Å². The number of benzene rings is 3. The number of urea groups is 1. The van der Waals surface area contributed by atoms with Gasteiger partial charge in [-0.25, -0.2) is 4.79 Å². The molecule has 0 atom stereocenters. The molecule has 2 amide bonds. The third-order valence-electron chi connectivity index (χ3n) is 3.91. The maximum Gasteiger partial charge on any atom is 0.321 e. The van der Waals surface area contributed by atoms with E-state index in [9.17, 15) is 4.79 Å². The molecular formula is C22H22N2O3. The van der Waals surface area contributed by atoms with Crippen LogP contribution in [0.5, 0.6) is 17.2 Å². The molecule has 0 aliphatic rings. The van der Waals surface area contributed by atoms with Crippen molar-refractivity contribution in [1.29, 1.82) is 0 Å². The average molecular weight is 362 g/mol. The summed E-state index contributed by atoms with van der Waals surface area (Å²) >= 11 is 0. The molecule has 0 fully saturated rings. The van der Waals surface area contributed by atoms with Crippen LogP contribution in [-0.2, 0) is 6.42 Å². The van der Waals surface area contributed by atoms with Crippen molar-refractivity contribution in [2.24, 2.45) is 0 Å². The van der Waals surface area contributed by atoms with Crippen molar-refractivity contribution in [3.63, 3.8) is 0 Å². The van der Waals surface area contributed by atoms with Gasteiger partial charge in [0, 0.05) is 5.69 Å². The highest BCUT2D eigenvalue weighted by Crippen LogP contribution is 2.22. The van der Waals surface area contributed by atoms with Crippen LogP contribution in [0.25, 0.3) is 0 Å². The normalized spacial score (nSPS) is 10.1. The highest BCUT2D eigenvalue weighted by molar-refractivity contribution is 5.89. The molecular weight excluding hydrogens is 340 g/mol. The lowest BCUT2D eigenvalue weighted by Gasteiger charge is -2.12. The first kappa shape index (κ1) is 18.3. The molecule has 3 rings (SSSR count). The SMILES string of the molecule is CCc1ccccc1OCNC(=O)Nc1ccc(Oc2ccccc2)cc1. The van der Waals surface area contributed by atoms with E-state index in [2.05, 4.69) is 17.6 Å². The first-order valence-corrected chi connectivity index (χ1v) is 8.83. The van der Waals surface area contributed by atoms with Gasteiger partial charge in [0.05, 0.1) is 0 Å². The Kier molecular flexibility index (Phi) is 6.30. The van der Waals surface area contributed by atoms with Gasteiger partial charge in [0.25, 0.3) is 0 Å². The second-order valence-corrected chi connectivity index (χ2v) is 5.82. The maximum absolute atomic E-state index is 12.0. The third-order valence-corrected chi connectivity index (χ3v) is 3.91. The minimum absolute atomic E-state index is 0.0953. The molecule has 5 heteroatoms. The van der Waals surface area contributed by atoms with Crippen molar-refractivity contribution >= 4 is 11.7 Å². The van der Waals surface area contributed by atoms with Gasteiger partial charge >= 0.3 is 6.03 Å². The Morgan fingerprint density at radius 1 is 0.852 bits per heavy atom. The highest BCUT2D eigenvalue weighted by Gasteiger charge is 2.04. The smallest absolute Gasteiger partial charge is 0.321 e. The number of hydrogen-bond acceptors (Lipinski definition) is 3. The minimum Gasteiger partial charge on any atom is -0.473 e. The summed E-state index contributed by atoms with van der Waals surface area (Å²) in [6.07, 6.45) is 0.875. The summed E-state index contributed by atoms with van der Waals surface area (Å²) in [6.45, 7) is 2.16. The van der Waals surface area contributed by atoms with Crippen molar-refractivity contribution < 1.29 is 14.3 Å². The Morgan fingerprint density at radius 2 is 1.52 bits per heavy atom. The summed E-state index contributed by atoms with van der Waals surface area (Å²) in [5.74, 6) is 2.25. The van der Waals surface area contributed by atoms with Gasteiger partial charge in [0.1, 0.15) is 17.2 Å². The van der Waals surface area contributed by atoms with Crippen LogP contribution in [0.1, 0.15) is 12.5 Å². The fraction of sp³-hybridized carbons (Fsp3) is 0.136. The lowest BCUT2D eigenvalue weighted by molar-refractivity contribution is 0.234. The average Bonchev–Trinajstić information content (AvgIpc) is 2.71. The van der Waals surface area contributed by atoms with E-state index >= 15 is 0 Å². The molecule has 0 bridgehead atoms. The van der Waals surface area contributed by atoms with Gasteiger partial charge in [-0.15, -0.1) is 0 Å². The Hall–Kier alpha value is -3.47. The molecule has 138 valence electrons. The number of anilines is 1. The van der Waals surface area contributed by atoms with E-state index in [1.54, 1.807) is 24.3 Å². The number of aryl methyl sites for hydroxylation is 1. The molecule has 0 aliphatic heterocycles. The van der Waals surface area contributed by atoms with E-state index in [0.717, 1.165) is 23.5 Å². The summed E-state index contributed by atoms with van der Waals surface area (Å²) in [5.41, 5.74) is 1.77. The van der Waals surface area contributed by atoms with Crippen molar-refractivity contribution in [3.05, 3.63) is 84.4 Å². The Morgan fingerprint density at radius 3 is 2.26 bits per heavy atom. The molecule has 0 aromatic heterocycles. The topological polar surface area (TPSA) is 59.6 Å². The van der Waals surface area contributed by atoms with Crippen LogP contribution in [0.4, 0.5) is 10.5 Å². The van der Waals surface area contributed by atoms with E-state index in [0.29, 0.717) is 11.4 Å². The molecule has 0 aliphatic carbocycles. The van der Waals surface area contributed by atoms with Gasteiger partial charge in [0.2, 0.25) is 0 Å². The van der Waals surface area contributed by atoms with Crippen LogP contribution in [0, 0.1) is 0 Å². The summed E-state index contributed by atoms with van der Waals surface area (Å²) in [5, 5.41) is 5.44. The third kappa shape index (κ3) is 5.51. The Bertz CT molecular complexity index is 864. The van der Waals surface area contributed by atoms with E-state index in [1.165, 1.54) is 0 Å². The van der Waals surface area contributed by atoms with E-state index < -0.39 is 0 Å². The van der Waals surface area contributed by atoms with Gasteiger partial charge < -0.3 is 20.1 Å². The number of carbonyl (C=O) groups is 1. The lowest BCUT2D eigenvalue weighted by Crippen LogP contribution is -2.32. The van der Waals surface area contributed by atoms with Crippen LogP contribution >= 0.6 is 0 Å². The largest absolute Gasteiger partial charge is 0.473 e. The van der Waals surface area contributed by atoms with E-state index in [1.807, 2.05) is 54.6 Å². The molecule has 3 aromatic rings. The molecule has 0 heterocycles. The number of nitrogens with one attached hydrogen (secondary N) is 2. The molecule has 0 spiro atoms. The Balaban J connectivity index is 1.46. The van der Waals surface area contributed by atoms with Crippen molar-refractivity contribution in [2.75, 3.05) is 12.0 Å². The summed E-state index contributed by atoms with van der Waals surface area (Å²) in [6, 6.07) is 24.1. The summed E-state index contributed by atoms with van der Waals surface area (Å²) in [7, 11) is 0. The van der Waals surface area contributed by atoms with Gasteiger partial charge in [-0.05, 0) is 54.4 Å². The zero-order chi connectivity index (χ0) is 18.9. The molecule has 2 N–H and O–H groups in total. The summed E-state index contributed by atoms with van der Waals surface area (Å²) < 4.78 is 11.4. The van der Waals surface area contributed by atoms with Crippen molar-refractivity contribution in [3.8, 4) is 17.2 Å². The molecule has 27 heavy (non-hydrogen) atoms. The molecule has 0 saturated carbocycles. The van der Waals surface area contributed by atoms with Crippen LogP contribution < -0.4 is 20.1 Å². The van der Waals surface area contributed by atoms with Crippen molar-refractivity contribution in [1.82, 2.24) is 5.32 Å². The number of rotatable bonds is 7. The quantitative estimate of drug-likeness (QED) is 0.568. The predicted octanol–water partition coefficient (Wildman–Crippen LogP) is 5.20. The predicted molar refractivity (Wildman–Crippen MR) is 106 cm³/mol. The second kappa shape index (κ2) is 9.29. The van der Waals surface area contributed by atoms with Crippen molar-refractivity contribution in [2.45, 2.75) is 13.3 Å². The molecule has 3 aromatic carbocycles. The molecule has 0 unspecified atom stereocenters. The monoisotopic (exact) mass is 362 g/mol. The lowest BCUT2D eigenvalue weighted by atomic mass is 10.1. The van der Waals surface area contributed by atoms with Gasteiger partial charge in [0.15, 0.2) is 6.73 Å². The Labute approximate surface area is 158 Å². The number of para-hydroxylation sites is 2. The number of amides is 2. The second-order valence-electron chi connectivity index (χ2n) is 5.82. The standard InChI is InChI=1S/C22H22N2O3/c1-2-17-8-6-7-11-21(17)26-16-23-22(25)24-18-12-14-20(15-13-18)27-19-9-4-3-5-10-19/h3-15H,2,16H2,1H3,(H2,23,24,25). The fourth-order valence-corrected chi connectivity index (χ4v) is 2.52. The fourth-order valence-electron chi connectivity index (χ4n) is 2.52. The zero-order valence-corrected chi connectivity index (χ0v) is 15.1. The van der Waals surface area contributed by atoms with Crippen LogP contribution in [0.15, 0.2) is 78.9 Å². The first-order valence-electron chi connectivity index (χ1n) is 8.83. The van der Waals surface area contributed by atoms with Crippen LogP contribution in [0.2, 0.25) is 0 Å². The first-order chi connectivity index (χ1) is 13.2. The summed E-state index contributed by atoms with van der Waals surface area (Å²) in [4.78, 5) is 12.0. The molecule has 5 nitrogen and oxygen atoms in total. The zero-order valence-electron chi connectivity index (χ0n) is 15.1.